The molecule has 29 heavy (non-hydrogen) atoms. The summed E-state index contributed by atoms with van der Waals surface area (Å²) in [5.74, 6) is 0.953. The molecule has 0 aliphatic carbocycles. The summed E-state index contributed by atoms with van der Waals surface area (Å²) in [5.41, 5.74) is 8.24. The van der Waals surface area contributed by atoms with Crippen molar-refractivity contribution >= 4 is 23.5 Å². The van der Waals surface area contributed by atoms with Crippen molar-refractivity contribution in [2.24, 2.45) is 11.1 Å². The Morgan fingerprint density at radius 1 is 1.41 bits per heavy atom. The molecule has 0 bridgehead atoms. The van der Waals surface area contributed by atoms with Crippen molar-refractivity contribution in [3.8, 4) is 6.07 Å². The van der Waals surface area contributed by atoms with Crippen LogP contribution in [0.3, 0.4) is 0 Å². The first-order valence-electron chi connectivity index (χ1n) is 9.54. The summed E-state index contributed by atoms with van der Waals surface area (Å²) in [7, 11) is 0. The van der Waals surface area contributed by atoms with Crippen LogP contribution in [0.25, 0.3) is 0 Å². The van der Waals surface area contributed by atoms with Crippen molar-refractivity contribution in [2.75, 3.05) is 13.1 Å². The number of nitrogens with two attached hydrogens (primary N) is 1. The molecule has 0 radical (unpaired) electrons. The van der Waals surface area contributed by atoms with Gasteiger partial charge in [-0.25, -0.2) is 0 Å². The normalized spacial score (nSPS) is 16.6. The highest BCUT2D eigenvalue weighted by atomic mass is 32.2. The minimum atomic E-state index is -0.403. The molecule has 4 N–H and O–H groups in total. The third kappa shape index (κ3) is 4.62. The van der Waals surface area contributed by atoms with E-state index in [1.165, 1.54) is 11.8 Å². The van der Waals surface area contributed by atoms with Crippen molar-refractivity contribution < 1.29 is 4.79 Å². The second-order valence-electron chi connectivity index (χ2n) is 8.32. The monoisotopic (exact) mass is 410 g/mol. The molecule has 1 aliphatic heterocycles. The number of nitrogens with zero attached hydrogens (tertiary/aromatic N) is 3. The lowest BCUT2D eigenvalue weighted by molar-refractivity contribution is -0.138. The lowest BCUT2D eigenvalue weighted by Gasteiger charge is -2.25. The number of aromatic nitrogens is 2. The van der Waals surface area contributed by atoms with Gasteiger partial charge < -0.3 is 10.6 Å². The molecule has 1 unspecified atom stereocenters. The average Bonchev–Trinajstić information content (AvgIpc) is 3.31. The first kappa shape index (κ1) is 20.9. The molecule has 1 aliphatic rings. The zero-order chi connectivity index (χ0) is 21.2. The van der Waals surface area contributed by atoms with Gasteiger partial charge in [0.05, 0.1) is 5.69 Å². The third-order valence-corrected chi connectivity index (χ3v) is 6.09. The summed E-state index contributed by atoms with van der Waals surface area (Å²) in [5, 5.41) is 25.3. The van der Waals surface area contributed by atoms with E-state index in [2.05, 4.69) is 16.3 Å². The van der Waals surface area contributed by atoms with Crippen LogP contribution in [0.2, 0.25) is 0 Å². The number of hydrogen-bond donors (Lipinski definition) is 3. The number of likely N-dealkylation sites (tertiary alicyclic amines) is 1. The number of amides is 1. The molecule has 1 fully saturated rings. The van der Waals surface area contributed by atoms with Gasteiger partial charge in [0.25, 0.3) is 0 Å². The molecule has 0 saturated carbocycles. The molecule has 1 amide bonds. The van der Waals surface area contributed by atoms with Crippen LogP contribution in [0.15, 0.2) is 29.3 Å². The number of benzene rings is 1. The Balaban J connectivity index is 1.69. The maximum Gasteiger partial charge on any atom is 0.227 e. The standard InChI is InChI=1S/C21H26N6OS/c1-21(2,3)20(28)27-9-8-15(11-27)17-16(10-22)19(26-25-17)29-12-13-4-6-14(7-5-13)18(23)24/h4-7,15H,8-9,11-12H2,1-3H3,(H3,23,24)(H,25,26). The van der Waals surface area contributed by atoms with Crippen LogP contribution in [-0.4, -0.2) is 39.9 Å². The van der Waals surface area contributed by atoms with Gasteiger partial charge in [0.15, 0.2) is 0 Å². The predicted octanol–water partition coefficient (Wildman–Crippen LogP) is 3.22. The van der Waals surface area contributed by atoms with Gasteiger partial charge in [-0.15, -0.1) is 0 Å². The van der Waals surface area contributed by atoms with E-state index in [1.54, 1.807) is 0 Å². The number of carbonyl (C=O) groups excluding carboxylic acids is 1. The summed E-state index contributed by atoms with van der Waals surface area (Å²) in [6.45, 7) is 7.10. The van der Waals surface area contributed by atoms with Gasteiger partial charge >= 0.3 is 0 Å². The summed E-state index contributed by atoms with van der Waals surface area (Å²) in [4.78, 5) is 14.4. The van der Waals surface area contributed by atoms with Crippen molar-refractivity contribution in [1.82, 2.24) is 15.1 Å². The molecular formula is C21H26N6OS. The van der Waals surface area contributed by atoms with Crippen molar-refractivity contribution in [1.29, 1.82) is 10.7 Å². The largest absolute Gasteiger partial charge is 0.384 e. The Hall–Kier alpha value is -2.79. The highest BCUT2D eigenvalue weighted by Gasteiger charge is 2.35. The molecule has 1 aromatic carbocycles. The zero-order valence-electron chi connectivity index (χ0n) is 17.0. The summed E-state index contributed by atoms with van der Waals surface area (Å²) in [6, 6.07) is 9.78. The molecule has 1 aromatic heterocycles. The number of carbonyl (C=O) groups is 1. The van der Waals surface area contributed by atoms with Crippen LogP contribution < -0.4 is 5.73 Å². The van der Waals surface area contributed by atoms with E-state index in [4.69, 9.17) is 11.1 Å². The zero-order valence-corrected chi connectivity index (χ0v) is 17.8. The number of amidine groups is 1. The second-order valence-corrected chi connectivity index (χ2v) is 9.28. The van der Waals surface area contributed by atoms with Crippen LogP contribution in [0.4, 0.5) is 0 Å². The minimum absolute atomic E-state index is 0.0449. The maximum absolute atomic E-state index is 12.5. The van der Waals surface area contributed by atoms with Gasteiger partial charge in [-0.3, -0.25) is 15.3 Å². The smallest absolute Gasteiger partial charge is 0.227 e. The van der Waals surface area contributed by atoms with E-state index in [0.717, 1.165) is 17.7 Å². The Morgan fingerprint density at radius 3 is 2.69 bits per heavy atom. The lowest BCUT2D eigenvalue weighted by Crippen LogP contribution is -2.37. The fourth-order valence-electron chi connectivity index (χ4n) is 3.43. The maximum atomic E-state index is 12.5. The molecule has 2 heterocycles. The molecule has 8 heteroatoms. The number of nitriles is 1. The van der Waals surface area contributed by atoms with Crippen LogP contribution >= 0.6 is 11.8 Å². The van der Waals surface area contributed by atoms with Crippen molar-refractivity contribution in [3.05, 3.63) is 46.6 Å². The van der Waals surface area contributed by atoms with Gasteiger partial charge in [-0.1, -0.05) is 56.8 Å². The number of H-pyrrole nitrogens is 1. The van der Waals surface area contributed by atoms with Crippen LogP contribution in [0.5, 0.6) is 0 Å². The predicted molar refractivity (Wildman–Crippen MR) is 114 cm³/mol. The Morgan fingerprint density at radius 2 is 2.10 bits per heavy atom. The van der Waals surface area contributed by atoms with Gasteiger partial charge in [0.1, 0.15) is 22.5 Å². The summed E-state index contributed by atoms with van der Waals surface area (Å²) < 4.78 is 0. The number of hydrogen-bond acceptors (Lipinski definition) is 5. The molecule has 1 saturated heterocycles. The van der Waals surface area contributed by atoms with Gasteiger partial charge in [0, 0.05) is 35.7 Å². The van der Waals surface area contributed by atoms with Gasteiger partial charge in [-0.05, 0) is 12.0 Å². The van der Waals surface area contributed by atoms with Crippen molar-refractivity contribution in [3.63, 3.8) is 0 Å². The van der Waals surface area contributed by atoms with E-state index in [-0.39, 0.29) is 17.7 Å². The number of rotatable bonds is 5. The van der Waals surface area contributed by atoms with Crippen LogP contribution in [0.1, 0.15) is 55.5 Å². The first-order valence-corrected chi connectivity index (χ1v) is 10.5. The average molecular weight is 411 g/mol. The van der Waals surface area contributed by atoms with E-state index in [1.807, 2.05) is 49.9 Å². The molecule has 0 spiro atoms. The fraction of sp³-hybridized carbons (Fsp3) is 0.429. The fourth-order valence-corrected chi connectivity index (χ4v) is 4.34. The van der Waals surface area contributed by atoms with Crippen LogP contribution in [0, 0.1) is 22.2 Å². The van der Waals surface area contributed by atoms with Crippen molar-refractivity contribution in [2.45, 2.75) is 43.9 Å². The molecular weight excluding hydrogens is 384 g/mol. The summed E-state index contributed by atoms with van der Waals surface area (Å²) in [6.07, 6.45) is 0.829. The molecule has 3 rings (SSSR count). The summed E-state index contributed by atoms with van der Waals surface area (Å²) >= 11 is 1.50. The first-order chi connectivity index (χ1) is 13.7. The topological polar surface area (TPSA) is 123 Å². The SMILES string of the molecule is CC(C)(C)C(=O)N1CCC(c2[nH]nc(SCc3ccc(C(=N)N)cc3)c2C#N)C1. The molecule has 1 atom stereocenters. The van der Waals surface area contributed by atoms with Crippen LogP contribution in [-0.2, 0) is 10.5 Å². The Bertz CT molecular complexity index is 951. The number of thioether (sulfide) groups is 1. The highest BCUT2D eigenvalue weighted by Crippen LogP contribution is 2.34. The van der Waals surface area contributed by atoms with E-state index < -0.39 is 5.41 Å². The van der Waals surface area contributed by atoms with E-state index in [9.17, 15) is 10.1 Å². The minimum Gasteiger partial charge on any atom is -0.384 e. The second kappa shape index (κ2) is 8.29. The molecule has 2 aromatic rings. The highest BCUT2D eigenvalue weighted by molar-refractivity contribution is 7.98. The van der Waals surface area contributed by atoms with Gasteiger partial charge in [-0.2, -0.15) is 10.4 Å². The third-order valence-electron chi connectivity index (χ3n) is 5.04. The van der Waals surface area contributed by atoms with E-state index in [0.29, 0.717) is 35.0 Å². The Kier molecular flexibility index (Phi) is 5.99. The Labute approximate surface area is 175 Å². The lowest BCUT2D eigenvalue weighted by atomic mass is 9.95. The molecule has 152 valence electrons. The number of nitrogens with one attached hydrogen (secondary N) is 2. The number of aromatic amines is 1. The molecule has 7 nitrogen and oxygen atoms in total. The quantitative estimate of drug-likeness (QED) is 0.397. The number of nitrogen functional groups attached to an aromatic ring is 1. The van der Waals surface area contributed by atoms with E-state index >= 15 is 0 Å². The van der Waals surface area contributed by atoms with Gasteiger partial charge in [0.2, 0.25) is 5.91 Å².